The number of alkyl halides is 3. The lowest BCUT2D eigenvalue weighted by Crippen LogP contribution is -2.51. The number of urea groups is 1. The number of halogens is 5. The molecule has 9 nitrogen and oxygen atoms in total. The monoisotopic (exact) mass is 420 g/mol. The van der Waals surface area contributed by atoms with Crippen LogP contribution >= 0.6 is 23.2 Å². The first-order valence-corrected chi connectivity index (χ1v) is 8.89. The van der Waals surface area contributed by atoms with Crippen molar-refractivity contribution >= 4 is 45.3 Å². The summed E-state index contributed by atoms with van der Waals surface area (Å²) >= 11 is 11.1. The molecule has 2 N–H and O–H groups in total. The zero-order valence-electron chi connectivity index (χ0n) is 12.0. The summed E-state index contributed by atoms with van der Waals surface area (Å²) in [5.74, 6) is -0.513. The maximum absolute atomic E-state index is 13.2. The van der Waals surface area contributed by atoms with Crippen LogP contribution < -0.4 is 10.6 Å². The van der Waals surface area contributed by atoms with E-state index in [9.17, 15) is 26.4 Å². The minimum atomic E-state index is -4.82. The molecular formula is C10H9Cl2F3N6O3S. The van der Waals surface area contributed by atoms with Crippen molar-refractivity contribution < 1.29 is 26.4 Å². The highest BCUT2D eigenvalue weighted by Crippen LogP contribution is 2.51. The van der Waals surface area contributed by atoms with Crippen LogP contribution in [0.3, 0.4) is 0 Å². The van der Waals surface area contributed by atoms with Gasteiger partial charge in [-0.25, -0.2) is 4.79 Å². The molecule has 3 rings (SSSR count). The second-order valence-electron chi connectivity index (χ2n) is 5.32. The Hall–Kier alpha value is -1.44. The summed E-state index contributed by atoms with van der Waals surface area (Å²) in [5, 5.41) is 10.3. The highest BCUT2D eigenvalue weighted by molar-refractivity contribution is 7.88. The summed E-state index contributed by atoms with van der Waals surface area (Å²) in [4.78, 5) is 11.3. The molecule has 3 heterocycles. The van der Waals surface area contributed by atoms with Gasteiger partial charge in [-0.1, -0.05) is 23.2 Å². The normalized spacial score (nSPS) is 27.6. The highest BCUT2D eigenvalue weighted by Gasteiger charge is 2.71. The van der Waals surface area contributed by atoms with Crippen LogP contribution in [0.25, 0.3) is 0 Å². The summed E-state index contributed by atoms with van der Waals surface area (Å²) in [6.45, 7) is -0.193. The van der Waals surface area contributed by atoms with Gasteiger partial charge in [0.2, 0.25) is 0 Å². The van der Waals surface area contributed by atoms with Gasteiger partial charge in [0.15, 0.2) is 5.84 Å². The molecule has 2 saturated heterocycles. The predicted molar refractivity (Wildman–Crippen MR) is 80.1 cm³/mol. The number of nitrogens with one attached hydrogen (secondary N) is 2. The SMILES string of the molecule is O=C1NC(=NS(=O)(=O)N2CCCC2C2(C(F)(F)F)N=N2)C(=C(Cl)Cl)N1. The molecule has 0 saturated carbocycles. The van der Waals surface area contributed by atoms with Gasteiger partial charge in [0.05, 0.1) is 6.04 Å². The summed E-state index contributed by atoms with van der Waals surface area (Å²) in [7, 11) is -4.59. The summed E-state index contributed by atoms with van der Waals surface area (Å²) in [6.07, 6.45) is -4.72. The molecule has 1 unspecified atom stereocenters. The van der Waals surface area contributed by atoms with E-state index < -0.39 is 44.4 Å². The number of carbonyl (C=O) groups is 1. The van der Waals surface area contributed by atoms with Gasteiger partial charge in [0, 0.05) is 6.54 Å². The first-order valence-electron chi connectivity index (χ1n) is 6.74. The van der Waals surface area contributed by atoms with E-state index in [-0.39, 0.29) is 25.1 Å². The molecule has 3 aliphatic heterocycles. The predicted octanol–water partition coefficient (Wildman–Crippen LogP) is 1.78. The van der Waals surface area contributed by atoms with Gasteiger partial charge in [-0.3, -0.25) is 5.32 Å². The van der Waals surface area contributed by atoms with E-state index in [0.717, 1.165) is 0 Å². The smallest absolute Gasteiger partial charge is 0.302 e. The van der Waals surface area contributed by atoms with Crippen LogP contribution in [0.5, 0.6) is 0 Å². The molecule has 138 valence electrons. The Morgan fingerprint density at radius 2 is 1.96 bits per heavy atom. The van der Waals surface area contributed by atoms with E-state index in [1.807, 2.05) is 0 Å². The van der Waals surface area contributed by atoms with Gasteiger partial charge in [-0.05, 0) is 12.8 Å². The largest absolute Gasteiger partial charge is 0.439 e. The Labute approximate surface area is 149 Å². The molecule has 2 fully saturated rings. The second-order valence-corrected chi connectivity index (χ2v) is 7.82. The summed E-state index contributed by atoms with van der Waals surface area (Å²) in [5.41, 5.74) is -3.06. The summed E-state index contributed by atoms with van der Waals surface area (Å²) in [6, 6.07) is -2.37. The fourth-order valence-electron chi connectivity index (χ4n) is 2.66. The molecular weight excluding hydrogens is 412 g/mol. The fraction of sp³-hybridized carbons (Fsp3) is 0.600. The van der Waals surface area contributed by atoms with Gasteiger partial charge < -0.3 is 5.32 Å². The Bertz CT molecular complexity index is 814. The van der Waals surface area contributed by atoms with Crippen molar-refractivity contribution in [3.63, 3.8) is 0 Å². The number of carbonyl (C=O) groups excluding carboxylic acids is 1. The molecule has 0 aromatic heterocycles. The van der Waals surface area contributed by atoms with Gasteiger partial charge in [-0.2, -0.15) is 25.9 Å². The number of rotatable bonds is 3. The van der Waals surface area contributed by atoms with Crippen LogP contribution in [0.2, 0.25) is 0 Å². The van der Waals surface area contributed by atoms with Crippen LogP contribution in [0.1, 0.15) is 12.8 Å². The number of hydrogen-bond acceptors (Lipinski definition) is 5. The van der Waals surface area contributed by atoms with E-state index in [4.69, 9.17) is 23.2 Å². The average molecular weight is 421 g/mol. The minimum Gasteiger partial charge on any atom is -0.302 e. The van der Waals surface area contributed by atoms with Crippen LogP contribution in [0.4, 0.5) is 18.0 Å². The van der Waals surface area contributed by atoms with Crippen molar-refractivity contribution in [2.24, 2.45) is 14.6 Å². The van der Waals surface area contributed by atoms with Crippen molar-refractivity contribution in [3.05, 3.63) is 10.2 Å². The van der Waals surface area contributed by atoms with Crippen molar-refractivity contribution in [2.75, 3.05) is 6.54 Å². The molecule has 2 amide bonds. The number of amides is 2. The lowest BCUT2D eigenvalue weighted by molar-refractivity contribution is -0.173. The molecule has 0 aromatic carbocycles. The molecule has 25 heavy (non-hydrogen) atoms. The molecule has 0 radical (unpaired) electrons. The lowest BCUT2D eigenvalue weighted by Gasteiger charge is -2.27. The topological polar surface area (TPSA) is 116 Å². The molecule has 1 atom stereocenters. The summed E-state index contributed by atoms with van der Waals surface area (Å²) < 4.78 is 67.9. The Kier molecular flexibility index (Phi) is 4.25. The van der Waals surface area contributed by atoms with Crippen molar-refractivity contribution in [1.29, 1.82) is 0 Å². The van der Waals surface area contributed by atoms with Gasteiger partial charge in [-0.15, -0.1) is 14.6 Å². The molecule has 0 aliphatic carbocycles. The maximum Gasteiger partial charge on any atom is 0.439 e. The Balaban J connectivity index is 1.94. The quantitative estimate of drug-likeness (QED) is 0.724. The van der Waals surface area contributed by atoms with Gasteiger partial charge >= 0.3 is 28.1 Å². The second kappa shape index (κ2) is 5.79. The van der Waals surface area contributed by atoms with Crippen LogP contribution in [-0.4, -0.2) is 49.0 Å². The number of nitrogens with zero attached hydrogens (tertiary/aromatic N) is 4. The minimum absolute atomic E-state index is 0.0832. The van der Waals surface area contributed by atoms with E-state index in [0.29, 0.717) is 4.31 Å². The van der Waals surface area contributed by atoms with Crippen molar-refractivity contribution in [1.82, 2.24) is 14.9 Å². The van der Waals surface area contributed by atoms with E-state index in [2.05, 4.69) is 25.3 Å². The third-order valence-corrected chi connectivity index (χ3v) is 5.62. The molecule has 15 heteroatoms. The molecule has 0 aromatic rings. The molecule has 0 bridgehead atoms. The molecule has 3 aliphatic rings. The Morgan fingerprint density at radius 1 is 1.32 bits per heavy atom. The van der Waals surface area contributed by atoms with Crippen LogP contribution in [0.15, 0.2) is 24.8 Å². The standard InChI is InChI=1S/C10H9Cl2F3N6O3S/c11-6(12)5-7(17-8(22)16-5)18-25(23,24)21-3-1-2-4(21)9(19-20-9)10(13,14)15/h4H,1-3H2,(H2,16,17,18,22). The van der Waals surface area contributed by atoms with Gasteiger partial charge in [0.1, 0.15) is 10.2 Å². The average Bonchev–Trinajstić information content (AvgIpc) is 2.98. The third-order valence-electron chi connectivity index (χ3n) is 3.80. The fourth-order valence-corrected chi connectivity index (χ4v) is 4.33. The van der Waals surface area contributed by atoms with E-state index in [1.54, 1.807) is 0 Å². The third kappa shape index (κ3) is 3.09. The van der Waals surface area contributed by atoms with E-state index in [1.165, 1.54) is 0 Å². The Morgan fingerprint density at radius 3 is 2.48 bits per heavy atom. The lowest BCUT2D eigenvalue weighted by atomic mass is 10.0. The van der Waals surface area contributed by atoms with Crippen LogP contribution in [0, 0.1) is 0 Å². The highest BCUT2D eigenvalue weighted by atomic mass is 35.5. The zero-order chi connectivity index (χ0) is 18.6. The first-order chi connectivity index (χ1) is 11.5. The maximum atomic E-state index is 13.2. The number of hydrogen-bond donors (Lipinski definition) is 2. The molecule has 0 spiro atoms. The van der Waals surface area contributed by atoms with E-state index >= 15 is 0 Å². The first kappa shape index (κ1) is 18.4. The number of amidine groups is 1. The van der Waals surface area contributed by atoms with Crippen LogP contribution in [-0.2, 0) is 10.2 Å². The van der Waals surface area contributed by atoms with Gasteiger partial charge in [0.25, 0.3) is 0 Å². The zero-order valence-corrected chi connectivity index (χ0v) is 14.3. The van der Waals surface area contributed by atoms with Crippen molar-refractivity contribution in [2.45, 2.75) is 30.7 Å². The van der Waals surface area contributed by atoms with Crippen molar-refractivity contribution in [3.8, 4) is 0 Å².